The van der Waals surface area contributed by atoms with E-state index in [4.69, 9.17) is 5.73 Å². The number of carbonyl (C=O) groups is 2. The van der Waals surface area contributed by atoms with Gasteiger partial charge in [0.05, 0.1) is 5.54 Å². The molecule has 1 aromatic carbocycles. The molecule has 7 heteroatoms. The Bertz CT molecular complexity index is 516. The van der Waals surface area contributed by atoms with Crippen LogP contribution < -0.4 is 16.4 Å². The van der Waals surface area contributed by atoms with E-state index >= 15 is 0 Å². The average molecular weight is 391 g/mol. The van der Waals surface area contributed by atoms with E-state index < -0.39 is 5.54 Å². The van der Waals surface area contributed by atoms with Crippen LogP contribution >= 0.6 is 28.3 Å². The molecular weight excluding hydrogens is 370 g/mol. The van der Waals surface area contributed by atoms with Crippen LogP contribution in [0.15, 0.2) is 28.7 Å². The number of hydrogen-bond acceptors (Lipinski definition) is 3. The van der Waals surface area contributed by atoms with Crippen molar-refractivity contribution in [2.45, 2.75) is 37.6 Å². The van der Waals surface area contributed by atoms with Crippen molar-refractivity contribution in [2.24, 2.45) is 5.73 Å². The zero-order valence-corrected chi connectivity index (χ0v) is 14.6. The van der Waals surface area contributed by atoms with Crippen LogP contribution in [-0.2, 0) is 9.59 Å². The third kappa shape index (κ3) is 5.26. The van der Waals surface area contributed by atoms with Gasteiger partial charge in [0.1, 0.15) is 0 Å². The summed E-state index contributed by atoms with van der Waals surface area (Å²) in [7, 11) is 0. The molecule has 0 aliphatic heterocycles. The van der Waals surface area contributed by atoms with Gasteiger partial charge >= 0.3 is 0 Å². The number of nitrogens with two attached hydrogens (primary N) is 1. The molecule has 0 spiro atoms. The fourth-order valence-electron chi connectivity index (χ4n) is 2.46. The van der Waals surface area contributed by atoms with E-state index in [1.165, 1.54) is 0 Å². The molecule has 1 aliphatic rings. The van der Waals surface area contributed by atoms with E-state index in [1.54, 1.807) is 0 Å². The van der Waals surface area contributed by atoms with Crippen molar-refractivity contribution in [2.75, 3.05) is 11.9 Å². The average Bonchev–Trinajstić information content (AvgIpc) is 2.89. The predicted molar refractivity (Wildman–Crippen MR) is 93.0 cm³/mol. The summed E-state index contributed by atoms with van der Waals surface area (Å²) < 4.78 is 0.956. The Balaban J connectivity index is 0.00000242. The Morgan fingerprint density at radius 2 is 1.77 bits per heavy atom. The van der Waals surface area contributed by atoms with Gasteiger partial charge in [0.15, 0.2) is 0 Å². The lowest BCUT2D eigenvalue weighted by atomic mass is 9.98. The van der Waals surface area contributed by atoms with Crippen molar-refractivity contribution in [3.05, 3.63) is 28.7 Å². The molecule has 1 aromatic rings. The first kappa shape index (κ1) is 18.9. The van der Waals surface area contributed by atoms with Crippen molar-refractivity contribution in [1.29, 1.82) is 0 Å². The second kappa shape index (κ2) is 8.50. The van der Waals surface area contributed by atoms with Crippen molar-refractivity contribution < 1.29 is 9.59 Å². The second-order valence-electron chi connectivity index (χ2n) is 5.42. The molecule has 0 bridgehead atoms. The number of amides is 2. The summed E-state index contributed by atoms with van der Waals surface area (Å²) in [5.74, 6) is -0.272. The van der Waals surface area contributed by atoms with Crippen LogP contribution in [0.3, 0.4) is 0 Å². The molecule has 2 amide bonds. The molecule has 0 aromatic heterocycles. The van der Waals surface area contributed by atoms with Gasteiger partial charge < -0.3 is 16.4 Å². The highest BCUT2D eigenvalue weighted by Crippen LogP contribution is 2.27. The third-order valence-corrected chi connectivity index (χ3v) is 4.24. The van der Waals surface area contributed by atoms with Gasteiger partial charge in [-0.15, -0.1) is 12.4 Å². The van der Waals surface area contributed by atoms with Gasteiger partial charge in [0.25, 0.3) is 0 Å². The quantitative estimate of drug-likeness (QED) is 0.722. The highest BCUT2D eigenvalue weighted by Gasteiger charge is 2.36. The Morgan fingerprint density at radius 3 is 2.36 bits per heavy atom. The molecular formula is C15H21BrClN3O2. The highest BCUT2D eigenvalue weighted by molar-refractivity contribution is 9.10. The standard InChI is InChI=1S/C15H20BrN3O2.ClH/c16-11-3-5-12(6-4-11)19-13(20)7-10-18-14(21)15(17)8-1-2-9-15;/h3-6H,1-2,7-10,17H2,(H,18,21)(H,19,20);1H. The first-order chi connectivity index (χ1) is 9.99. The van der Waals surface area contributed by atoms with Crippen molar-refractivity contribution in [3.8, 4) is 0 Å². The zero-order valence-electron chi connectivity index (χ0n) is 12.2. The van der Waals surface area contributed by atoms with Gasteiger partial charge in [0.2, 0.25) is 11.8 Å². The predicted octanol–water partition coefficient (Wildman–Crippen LogP) is 2.59. The van der Waals surface area contributed by atoms with Crippen LogP contribution in [0.5, 0.6) is 0 Å². The minimum absolute atomic E-state index is 0. The third-order valence-electron chi connectivity index (χ3n) is 3.71. The first-order valence-electron chi connectivity index (χ1n) is 7.12. The molecule has 22 heavy (non-hydrogen) atoms. The van der Waals surface area contributed by atoms with Crippen LogP contribution in [0.1, 0.15) is 32.1 Å². The number of nitrogens with one attached hydrogen (secondary N) is 2. The van der Waals surface area contributed by atoms with Gasteiger partial charge in [-0.25, -0.2) is 0 Å². The van der Waals surface area contributed by atoms with Gasteiger partial charge in [-0.1, -0.05) is 28.8 Å². The summed E-state index contributed by atoms with van der Waals surface area (Å²) in [6.45, 7) is 0.306. The second-order valence-corrected chi connectivity index (χ2v) is 6.34. The molecule has 5 nitrogen and oxygen atoms in total. The number of anilines is 1. The first-order valence-corrected chi connectivity index (χ1v) is 7.91. The molecule has 0 saturated heterocycles. The SMILES string of the molecule is Cl.NC1(C(=O)NCCC(=O)Nc2ccc(Br)cc2)CCCC1. The number of benzene rings is 1. The molecule has 0 unspecified atom stereocenters. The van der Waals surface area contributed by atoms with E-state index in [0.29, 0.717) is 6.54 Å². The fourth-order valence-corrected chi connectivity index (χ4v) is 2.72. The van der Waals surface area contributed by atoms with Gasteiger partial charge in [-0.05, 0) is 37.1 Å². The minimum Gasteiger partial charge on any atom is -0.354 e. The largest absolute Gasteiger partial charge is 0.354 e. The Labute approximate surface area is 144 Å². The Morgan fingerprint density at radius 1 is 1.18 bits per heavy atom. The topological polar surface area (TPSA) is 84.2 Å². The molecule has 4 N–H and O–H groups in total. The van der Waals surface area contributed by atoms with Crippen molar-refractivity contribution in [3.63, 3.8) is 0 Å². The summed E-state index contributed by atoms with van der Waals surface area (Å²) in [6.07, 6.45) is 3.67. The van der Waals surface area contributed by atoms with Gasteiger partial charge in [-0.3, -0.25) is 9.59 Å². The highest BCUT2D eigenvalue weighted by atomic mass is 79.9. The molecule has 1 aliphatic carbocycles. The molecule has 122 valence electrons. The maximum absolute atomic E-state index is 12.0. The number of hydrogen-bond donors (Lipinski definition) is 3. The van der Waals surface area contributed by atoms with Crippen LogP contribution in [-0.4, -0.2) is 23.9 Å². The van der Waals surface area contributed by atoms with Gasteiger partial charge in [-0.2, -0.15) is 0 Å². The summed E-state index contributed by atoms with van der Waals surface area (Å²) in [5, 5.41) is 5.54. The summed E-state index contributed by atoms with van der Waals surface area (Å²) in [5.41, 5.74) is 6.04. The van der Waals surface area contributed by atoms with E-state index in [9.17, 15) is 9.59 Å². The molecule has 0 heterocycles. The van der Waals surface area contributed by atoms with Crippen LogP contribution in [0.2, 0.25) is 0 Å². The van der Waals surface area contributed by atoms with E-state index in [0.717, 1.165) is 35.8 Å². The summed E-state index contributed by atoms with van der Waals surface area (Å²) >= 11 is 3.33. The van der Waals surface area contributed by atoms with Crippen LogP contribution in [0.25, 0.3) is 0 Å². The molecule has 1 saturated carbocycles. The number of rotatable bonds is 5. The maximum atomic E-state index is 12.0. The van der Waals surface area contributed by atoms with Crippen molar-refractivity contribution in [1.82, 2.24) is 5.32 Å². The van der Waals surface area contributed by atoms with Gasteiger partial charge in [0, 0.05) is 23.1 Å². The van der Waals surface area contributed by atoms with E-state index in [-0.39, 0.29) is 30.6 Å². The zero-order chi connectivity index (χ0) is 15.3. The number of carbonyl (C=O) groups excluding carboxylic acids is 2. The van der Waals surface area contributed by atoms with E-state index in [2.05, 4.69) is 26.6 Å². The van der Waals surface area contributed by atoms with Crippen LogP contribution in [0, 0.1) is 0 Å². The molecule has 2 rings (SSSR count). The lowest BCUT2D eigenvalue weighted by Crippen LogP contribution is -2.52. The summed E-state index contributed by atoms with van der Waals surface area (Å²) in [4.78, 5) is 23.7. The van der Waals surface area contributed by atoms with Crippen molar-refractivity contribution >= 4 is 45.8 Å². The lowest BCUT2D eigenvalue weighted by molar-refractivity contribution is -0.126. The maximum Gasteiger partial charge on any atom is 0.240 e. The smallest absolute Gasteiger partial charge is 0.240 e. The lowest BCUT2D eigenvalue weighted by Gasteiger charge is -2.22. The summed E-state index contributed by atoms with van der Waals surface area (Å²) in [6, 6.07) is 7.34. The normalized spacial score (nSPS) is 15.7. The monoisotopic (exact) mass is 389 g/mol. The Kier molecular flexibility index (Phi) is 7.32. The number of halogens is 2. The molecule has 0 radical (unpaired) electrons. The Hall–Kier alpha value is -1.11. The van der Waals surface area contributed by atoms with Crippen LogP contribution in [0.4, 0.5) is 5.69 Å². The molecule has 1 fully saturated rings. The van der Waals surface area contributed by atoms with E-state index in [1.807, 2.05) is 24.3 Å². The fraction of sp³-hybridized carbons (Fsp3) is 0.467. The minimum atomic E-state index is -0.734. The molecule has 0 atom stereocenters.